The van der Waals surface area contributed by atoms with E-state index < -0.39 is 0 Å². The topological polar surface area (TPSA) is 24.7 Å². The SMILES string of the molecule is CCCCC1=NCCCC=N1. The van der Waals surface area contributed by atoms with Crippen LogP contribution in [0.15, 0.2) is 9.98 Å². The smallest absolute Gasteiger partial charge is 0.122 e. The second-order valence-electron chi connectivity index (χ2n) is 2.86. The lowest BCUT2D eigenvalue weighted by Gasteiger charge is -1.96. The summed E-state index contributed by atoms with van der Waals surface area (Å²) >= 11 is 0. The third-order valence-corrected chi connectivity index (χ3v) is 1.78. The molecule has 0 atom stereocenters. The lowest BCUT2D eigenvalue weighted by molar-refractivity contribution is 0.823. The van der Waals surface area contributed by atoms with E-state index in [0.717, 1.165) is 25.2 Å². The second kappa shape index (κ2) is 5.05. The van der Waals surface area contributed by atoms with E-state index in [2.05, 4.69) is 16.9 Å². The molecular formula is C9H16N2. The maximum Gasteiger partial charge on any atom is 0.122 e. The Hall–Kier alpha value is -0.660. The Bertz CT molecular complexity index is 159. The van der Waals surface area contributed by atoms with Crippen LogP contribution in [0.2, 0.25) is 0 Å². The summed E-state index contributed by atoms with van der Waals surface area (Å²) in [7, 11) is 0. The molecule has 0 saturated heterocycles. The van der Waals surface area contributed by atoms with Crippen molar-refractivity contribution >= 4 is 12.1 Å². The number of amidine groups is 1. The summed E-state index contributed by atoms with van der Waals surface area (Å²) in [5.41, 5.74) is 0. The van der Waals surface area contributed by atoms with Crippen LogP contribution < -0.4 is 0 Å². The van der Waals surface area contributed by atoms with Crippen LogP contribution in [-0.2, 0) is 0 Å². The first-order valence-corrected chi connectivity index (χ1v) is 4.49. The Morgan fingerprint density at radius 3 is 3.27 bits per heavy atom. The maximum atomic E-state index is 4.38. The standard InChI is InChI=1S/C9H16N2/c1-2-3-6-9-10-7-4-5-8-11-9/h7H,2-6,8H2,1H3. The van der Waals surface area contributed by atoms with E-state index in [4.69, 9.17) is 0 Å². The molecule has 0 saturated carbocycles. The highest BCUT2D eigenvalue weighted by molar-refractivity contribution is 5.89. The minimum atomic E-state index is 0.971. The van der Waals surface area contributed by atoms with Crippen molar-refractivity contribution in [2.75, 3.05) is 6.54 Å². The van der Waals surface area contributed by atoms with Crippen LogP contribution in [0.25, 0.3) is 0 Å². The number of hydrogen-bond acceptors (Lipinski definition) is 2. The number of rotatable bonds is 3. The van der Waals surface area contributed by atoms with Crippen molar-refractivity contribution in [3.63, 3.8) is 0 Å². The molecule has 0 aromatic carbocycles. The quantitative estimate of drug-likeness (QED) is 0.593. The minimum Gasteiger partial charge on any atom is -0.271 e. The number of unbranched alkanes of at least 4 members (excludes halogenated alkanes) is 1. The molecule has 0 aromatic heterocycles. The van der Waals surface area contributed by atoms with Crippen LogP contribution in [-0.4, -0.2) is 18.6 Å². The van der Waals surface area contributed by atoms with Gasteiger partial charge < -0.3 is 0 Å². The minimum absolute atomic E-state index is 0.971. The third kappa shape index (κ3) is 3.30. The molecule has 11 heavy (non-hydrogen) atoms. The van der Waals surface area contributed by atoms with Crippen molar-refractivity contribution in [2.45, 2.75) is 39.0 Å². The Kier molecular flexibility index (Phi) is 3.87. The van der Waals surface area contributed by atoms with E-state index in [1.165, 1.54) is 19.3 Å². The van der Waals surface area contributed by atoms with Gasteiger partial charge in [-0.15, -0.1) is 0 Å². The fraction of sp³-hybridized carbons (Fsp3) is 0.778. The van der Waals surface area contributed by atoms with Gasteiger partial charge in [-0.05, 0) is 19.3 Å². The van der Waals surface area contributed by atoms with E-state index in [0.29, 0.717) is 0 Å². The Labute approximate surface area is 68.4 Å². The largest absolute Gasteiger partial charge is 0.271 e. The van der Waals surface area contributed by atoms with Gasteiger partial charge in [0.25, 0.3) is 0 Å². The van der Waals surface area contributed by atoms with Crippen LogP contribution in [0.5, 0.6) is 0 Å². The summed E-state index contributed by atoms with van der Waals surface area (Å²) in [4.78, 5) is 8.67. The van der Waals surface area contributed by atoms with Gasteiger partial charge in [0.15, 0.2) is 0 Å². The van der Waals surface area contributed by atoms with Gasteiger partial charge in [-0.25, -0.2) is 4.99 Å². The van der Waals surface area contributed by atoms with Gasteiger partial charge >= 0.3 is 0 Å². The molecule has 2 heteroatoms. The van der Waals surface area contributed by atoms with Crippen molar-refractivity contribution in [1.82, 2.24) is 0 Å². The molecule has 0 aromatic rings. The first-order valence-electron chi connectivity index (χ1n) is 4.49. The van der Waals surface area contributed by atoms with Crippen molar-refractivity contribution in [3.8, 4) is 0 Å². The molecule has 1 heterocycles. The second-order valence-corrected chi connectivity index (χ2v) is 2.86. The van der Waals surface area contributed by atoms with Crippen molar-refractivity contribution in [1.29, 1.82) is 0 Å². The highest BCUT2D eigenvalue weighted by atomic mass is 14.9. The molecular weight excluding hydrogens is 136 g/mol. The zero-order valence-corrected chi connectivity index (χ0v) is 7.21. The first-order chi connectivity index (χ1) is 5.43. The summed E-state index contributed by atoms with van der Waals surface area (Å²) < 4.78 is 0. The zero-order valence-electron chi connectivity index (χ0n) is 7.21. The van der Waals surface area contributed by atoms with Gasteiger partial charge in [0.05, 0.1) is 0 Å². The van der Waals surface area contributed by atoms with Crippen LogP contribution in [0.1, 0.15) is 39.0 Å². The molecule has 0 unspecified atom stereocenters. The third-order valence-electron chi connectivity index (χ3n) is 1.78. The lowest BCUT2D eigenvalue weighted by atomic mass is 10.2. The van der Waals surface area contributed by atoms with E-state index >= 15 is 0 Å². The Morgan fingerprint density at radius 2 is 2.45 bits per heavy atom. The Balaban J connectivity index is 2.34. The van der Waals surface area contributed by atoms with Gasteiger partial charge in [0.2, 0.25) is 0 Å². The summed E-state index contributed by atoms with van der Waals surface area (Å²) in [6.07, 6.45) is 7.78. The predicted octanol–water partition coefficient (Wildman–Crippen LogP) is 2.44. The van der Waals surface area contributed by atoms with Crippen molar-refractivity contribution < 1.29 is 0 Å². The van der Waals surface area contributed by atoms with E-state index in [-0.39, 0.29) is 0 Å². The molecule has 2 nitrogen and oxygen atoms in total. The predicted molar refractivity (Wildman–Crippen MR) is 49.6 cm³/mol. The molecule has 1 rings (SSSR count). The van der Waals surface area contributed by atoms with Gasteiger partial charge in [-0.2, -0.15) is 0 Å². The lowest BCUT2D eigenvalue weighted by Crippen LogP contribution is -1.93. The molecule has 0 fully saturated rings. The summed E-state index contributed by atoms with van der Waals surface area (Å²) in [5, 5.41) is 0. The van der Waals surface area contributed by atoms with E-state index in [1.807, 2.05) is 6.21 Å². The number of nitrogens with zero attached hydrogens (tertiary/aromatic N) is 2. The van der Waals surface area contributed by atoms with Crippen LogP contribution in [0, 0.1) is 0 Å². The van der Waals surface area contributed by atoms with Crippen molar-refractivity contribution in [2.24, 2.45) is 9.98 Å². The van der Waals surface area contributed by atoms with Crippen molar-refractivity contribution in [3.05, 3.63) is 0 Å². The van der Waals surface area contributed by atoms with E-state index in [1.54, 1.807) is 0 Å². The summed E-state index contributed by atoms with van der Waals surface area (Å²) in [6, 6.07) is 0. The average Bonchev–Trinajstić information content (AvgIpc) is 2.28. The fourth-order valence-corrected chi connectivity index (χ4v) is 1.08. The fourth-order valence-electron chi connectivity index (χ4n) is 1.08. The molecule has 1 aliphatic rings. The highest BCUT2D eigenvalue weighted by Crippen LogP contribution is 2.02. The monoisotopic (exact) mass is 152 g/mol. The van der Waals surface area contributed by atoms with Gasteiger partial charge in [-0.3, -0.25) is 4.99 Å². The molecule has 0 aliphatic carbocycles. The Morgan fingerprint density at radius 1 is 1.55 bits per heavy atom. The molecule has 0 N–H and O–H groups in total. The summed E-state index contributed by atoms with van der Waals surface area (Å²) in [6.45, 7) is 3.17. The molecule has 0 spiro atoms. The maximum absolute atomic E-state index is 4.38. The normalized spacial score (nSPS) is 17.7. The van der Waals surface area contributed by atoms with Gasteiger partial charge in [0, 0.05) is 19.2 Å². The zero-order chi connectivity index (χ0) is 7.94. The number of hydrogen-bond donors (Lipinski definition) is 0. The van der Waals surface area contributed by atoms with Crippen LogP contribution in [0.4, 0.5) is 0 Å². The molecule has 0 bridgehead atoms. The molecule has 0 amide bonds. The molecule has 1 aliphatic heterocycles. The first kappa shape index (κ1) is 8.44. The molecule has 62 valence electrons. The van der Waals surface area contributed by atoms with Crippen LogP contribution in [0.3, 0.4) is 0 Å². The highest BCUT2D eigenvalue weighted by Gasteiger charge is 1.97. The van der Waals surface area contributed by atoms with E-state index in [9.17, 15) is 0 Å². The average molecular weight is 152 g/mol. The van der Waals surface area contributed by atoms with Gasteiger partial charge in [0.1, 0.15) is 5.84 Å². The molecule has 0 radical (unpaired) electrons. The van der Waals surface area contributed by atoms with Crippen LogP contribution >= 0.6 is 0 Å². The summed E-state index contributed by atoms with van der Waals surface area (Å²) in [5.74, 6) is 1.06. The van der Waals surface area contributed by atoms with Gasteiger partial charge in [-0.1, -0.05) is 13.3 Å². The number of aliphatic imine (C=N–C) groups is 2.